The Kier molecular flexibility index (Phi) is 3.53. The number of hydrogen-bond donors (Lipinski definition) is 1. The van der Waals surface area contributed by atoms with Crippen LogP contribution in [0.5, 0.6) is 0 Å². The number of nitrogens with one attached hydrogen (secondary N) is 1. The summed E-state index contributed by atoms with van der Waals surface area (Å²) in [5, 5.41) is 3.53. The molecule has 0 spiro atoms. The molecule has 0 aliphatic rings. The van der Waals surface area contributed by atoms with E-state index in [4.69, 9.17) is 0 Å². The van der Waals surface area contributed by atoms with Gasteiger partial charge in [0.15, 0.2) is 0 Å². The molecular formula is C15H21N3. The Hall–Kier alpha value is -1.61. The van der Waals surface area contributed by atoms with E-state index in [9.17, 15) is 0 Å². The summed E-state index contributed by atoms with van der Waals surface area (Å²) in [6.45, 7) is 9.52. The van der Waals surface area contributed by atoms with E-state index in [0.29, 0.717) is 0 Å². The maximum atomic E-state index is 4.11. The van der Waals surface area contributed by atoms with Crippen LogP contribution in [0.4, 0.5) is 0 Å². The first-order chi connectivity index (χ1) is 8.46. The minimum absolute atomic E-state index is 0.121. The minimum atomic E-state index is 0.121. The second kappa shape index (κ2) is 4.94. The fourth-order valence-corrected chi connectivity index (χ4v) is 1.87. The SMILES string of the molecule is Cc1ccc(-n2ccnc2)c(CNC(C)(C)C)c1. The molecule has 1 heterocycles. The molecule has 0 fully saturated rings. The topological polar surface area (TPSA) is 29.9 Å². The number of aromatic nitrogens is 2. The van der Waals surface area contributed by atoms with Crippen LogP contribution in [-0.4, -0.2) is 15.1 Å². The van der Waals surface area contributed by atoms with Gasteiger partial charge in [-0.15, -0.1) is 0 Å². The summed E-state index contributed by atoms with van der Waals surface area (Å²) < 4.78 is 2.05. The zero-order valence-electron chi connectivity index (χ0n) is 11.6. The molecule has 0 amide bonds. The Bertz CT molecular complexity index is 507. The standard InChI is InChI=1S/C15H21N3/c1-12-5-6-14(18-8-7-16-11-18)13(9-12)10-17-15(2,3)4/h5-9,11,17H,10H2,1-4H3. The zero-order valence-corrected chi connectivity index (χ0v) is 11.6. The molecule has 2 aromatic rings. The number of aryl methyl sites for hydroxylation is 1. The van der Waals surface area contributed by atoms with Crippen molar-refractivity contribution in [3.63, 3.8) is 0 Å². The van der Waals surface area contributed by atoms with Gasteiger partial charge in [0.05, 0.1) is 12.0 Å². The molecular weight excluding hydrogens is 222 g/mol. The van der Waals surface area contributed by atoms with Crippen molar-refractivity contribution < 1.29 is 0 Å². The lowest BCUT2D eigenvalue weighted by Gasteiger charge is -2.22. The van der Waals surface area contributed by atoms with E-state index in [0.717, 1.165) is 6.54 Å². The van der Waals surface area contributed by atoms with Crippen LogP contribution in [0, 0.1) is 6.92 Å². The molecule has 0 aliphatic carbocycles. The average Bonchev–Trinajstić information content (AvgIpc) is 2.79. The van der Waals surface area contributed by atoms with E-state index in [1.54, 1.807) is 6.20 Å². The predicted octanol–water partition coefficient (Wildman–Crippen LogP) is 3.07. The minimum Gasteiger partial charge on any atom is -0.308 e. The van der Waals surface area contributed by atoms with E-state index in [-0.39, 0.29) is 5.54 Å². The molecule has 0 radical (unpaired) electrons. The summed E-state index contributed by atoms with van der Waals surface area (Å²) in [6.07, 6.45) is 5.62. The molecule has 1 N–H and O–H groups in total. The third kappa shape index (κ3) is 3.20. The van der Waals surface area contributed by atoms with E-state index >= 15 is 0 Å². The van der Waals surface area contributed by atoms with E-state index in [1.807, 2.05) is 12.5 Å². The fraction of sp³-hybridized carbons (Fsp3) is 0.400. The zero-order chi connectivity index (χ0) is 13.2. The van der Waals surface area contributed by atoms with E-state index in [1.165, 1.54) is 16.8 Å². The smallest absolute Gasteiger partial charge is 0.0991 e. The highest BCUT2D eigenvalue weighted by molar-refractivity contribution is 5.43. The number of benzene rings is 1. The molecule has 3 heteroatoms. The summed E-state index contributed by atoms with van der Waals surface area (Å²) in [6, 6.07) is 6.51. The second-order valence-electron chi connectivity index (χ2n) is 5.71. The van der Waals surface area contributed by atoms with Crippen LogP contribution < -0.4 is 5.32 Å². The summed E-state index contributed by atoms with van der Waals surface area (Å²) in [7, 11) is 0. The van der Waals surface area contributed by atoms with Gasteiger partial charge in [-0.1, -0.05) is 17.7 Å². The molecule has 0 saturated heterocycles. The van der Waals surface area contributed by atoms with E-state index < -0.39 is 0 Å². The van der Waals surface area contributed by atoms with Gasteiger partial charge in [0.25, 0.3) is 0 Å². The van der Waals surface area contributed by atoms with Crippen LogP contribution in [0.3, 0.4) is 0 Å². The van der Waals surface area contributed by atoms with Crippen LogP contribution >= 0.6 is 0 Å². The van der Waals surface area contributed by atoms with Crippen LogP contribution in [-0.2, 0) is 6.54 Å². The van der Waals surface area contributed by atoms with Gasteiger partial charge in [-0.25, -0.2) is 4.98 Å². The summed E-state index contributed by atoms with van der Waals surface area (Å²) in [4.78, 5) is 4.11. The van der Waals surface area contributed by atoms with Gasteiger partial charge in [-0.3, -0.25) is 0 Å². The molecule has 0 atom stereocenters. The molecule has 96 valence electrons. The Morgan fingerprint density at radius 2 is 2.06 bits per heavy atom. The van der Waals surface area contributed by atoms with Crippen LogP contribution in [0.1, 0.15) is 31.9 Å². The van der Waals surface area contributed by atoms with Crippen molar-refractivity contribution in [2.45, 2.75) is 39.8 Å². The molecule has 1 aromatic carbocycles. The Balaban J connectivity index is 2.30. The molecule has 0 unspecified atom stereocenters. The number of hydrogen-bond acceptors (Lipinski definition) is 2. The Labute approximate surface area is 109 Å². The van der Waals surface area contributed by atoms with Gasteiger partial charge in [0.1, 0.15) is 0 Å². The van der Waals surface area contributed by atoms with Crippen molar-refractivity contribution in [3.8, 4) is 5.69 Å². The number of imidazole rings is 1. The third-order valence-corrected chi connectivity index (χ3v) is 2.83. The molecule has 18 heavy (non-hydrogen) atoms. The van der Waals surface area contributed by atoms with Gasteiger partial charge < -0.3 is 9.88 Å². The van der Waals surface area contributed by atoms with Crippen molar-refractivity contribution in [3.05, 3.63) is 48.0 Å². The number of nitrogens with zero attached hydrogens (tertiary/aromatic N) is 2. The average molecular weight is 243 g/mol. The fourth-order valence-electron chi connectivity index (χ4n) is 1.87. The van der Waals surface area contributed by atoms with Crippen LogP contribution in [0.2, 0.25) is 0 Å². The highest BCUT2D eigenvalue weighted by Crippen LogP contribution is 2.17. The highest BCUT2D eigenvalue weighted by atomic mass is 15.0. The van der Waals surface area contributed by atoms with Crippen molar-refractivity contribution in [1.82, 2.24) is 14.9 Å². The molecule has 0 aliphatic heterocycles. The Morgan fingerprint density at radius 1 is 1.28 bits per heavy atom. The quantitative estimate of drug-likeness (QED) is 0.898. The van der Waals surface area contributed by atoms with Gasteiger partial charge in [-0.2, -0.15) is 0 Å². The lowest BCUT2D eigenvalue weighted by atomic mass is 10.1. The summed E-state index contributed by atoms with van der Waals surface area (Å²) in [5.41, 5.74) is 3.89. The monoisotopic (exact) mass is 243 g/mol. The molecule has 0 saturated carbocycles. The predicted molar refractivity (Wildman–Crippen MR) is 74.9 cm³/mol. The normalized spacial score (nSPS) is 11.8. The number of rotatable bonds is 3. The molecule has 3 nitrogen and oxygen atoms in total. The van der Waals surface area contributed by atoms with Crippen LogP contribution in [0.15, 0.2) is 36.9 Å². The molecule has 1 aromatic heterocycles. The maximum Gasteiger partial charge on any atom is 0.0991 e. The van der Waals surface area contributed by atoms with Gasteiger partial charge in [0, 0.05) is 24.5 Å². The van der Waals surface area contributed by atoms with Crippen molar-refractivity contribution >= 4 is 0 Å². The summed E-state index contributed by atoms with van der Waals surface area (Å²) >= 11 is 0. The largest absolute Gasteiger partial charge is 0.308 e. The van der Waals surface area contributed by atoms with Crippen molar-refractivity contribution in [2.24, 2.45) is 0 Å². The van der Waals surface area contributed by atoms with Crippen molar-refractivity contribution in [2.75, 3.05) is 0 Å². The molecule has 0 bridgehead atoms. The first-order valence-corrected chi connectivity index (χ1v) is 6.28. The van der Waals surface area contributed by atoms with Gasteiger partial charge in [0.2, 0.25) is 0 Å². The summed E-state index contributed by atoms with van der Waals surface area (Å²) in [5.74, 6) is 0. The first kappa shape index (κ1) is 12.8. The third-order valence-electron chi connectivity index (χ3n) is 2.83. The first-order valence-electron chi connectivity index (χ1n) is 6.28. The van der Waals surface area contributed by atoms with Crippen LogP contribution in [0.25, 0.3) is 5.69 Å². The Morgan fingerprint density at radius 3 is 2.67 bits per heavy atom. The lowest BCUT2D eigenvalue weighted by molar-refractivity contribution is 0.424. The maximum absolute atomic E-state index is 4.11. The highest BCUT2D eigenvalue weighted by Gasteiger charge is 2.11. The van der Waals surface area contributed by atoms with Gasteiger partial charge >= 0.3 is 0 Å². The second-order valence-corrected chi connectivity index (χ2v) is 5.71. The molecule has 2 rings (SSSR count). The van der Waals surface area contributed by atoms with E-state index in [2.05, 4.69) is 60.8 Å². The van der Waals surface area contributed by atoms with Gasteiger partial charge in [-0.05, 0) is 39.3 Å². The lowest BCUT2D eigenvalue weighted by Crippen LogP contribution is -2.35. The van der Waals surface area contributed by atoms with Crippen molar-refractivity contribution in [1.29, 1.82) is 0 Å².